The monoisotopic (exact) mass is 385 g/mol. The zero-order chi connectivity index (χ0) is 19.2. The number of rotatable bonds is 7. The summed E-state index contributed by atoms with van der Waals surface area (Å²) in [7, 11) is 3.19. The van der Waals surface area contributed by atoms with E-state index in [2.05, 4.69) is 10.4 Å². The van der Waals surface area contributed by atoms with Crippen molar-refractivity contribution in [3.8, 4) is 11.5 Å². The number of para-hydroxylation sites is 1. The second kappa shape index (κ2) is 8.60. The topological polar surface area (TPSA) is 65.4 Å². The predicted octanol–water partition coefficient (Wildman–Crippen LogP) is 3.78. The van der Waals surface area contributed by atoms with Crippen LogP contribution < -0.4 is 14.8 Å². The lowest BCUT2D eigenvalue weighted by molar-refractivity contribution is -0.115. The molecule has 7 heteroatoms. The minimum atomic E-state index is -0.164. The molecule has 140 valence electrons. The van der Waals surface area contributed by atoms with Crippen LogP contribution in [0.5, 0.6) is 11.5 Å². The Morgan fingerprint density at radius 3 is 2.59 bits per heavy atom. The molecule has 0 bridgehead atoms. The third-order valence-electron chi connectivity index (χ3n) is 4.10. The summed E-state index contributed by atoms with van der Waals surface area (Å²) < 4.78 is 12.5. The number of carbonyl (C=O) groups is 1. The van der Waals surface area contributed by atoms with E-state index in [9.17, 15) is 4.79 Å². The standard InChI is InChI=1S/C20H20ClN3O3/c1-26-17-9-5-7-15(20(17)27-2)13-24-18(10-11-22-24)23-19(25)12-14-6-3-4-8-16(14)21/h3-11H,12-13H2,1-2H3,(H,23,25). The van der Waals surface area contributed by atoms with Crippen molar-refractivity contribution in [2.24, 2.45) is 0 Å². The maximum atomic E-state index is 12.4. The van der Waals surface area contributed by atoms with Crippen molar-refractivity contribution in [3.05, 3.63) is 70.9 Å². The van der Waals surface area contributed by atoms with E-state index >= 15 is 0 Å². The number of carbonyl (C=O) groups excluding carboxylic acids is 1. The minimum Gasteiger partial charge on any atom is -0.493 e. The smallest absolute Gasteiger partial charge is 0.229 e. The number of hydrogen-bond donors (Lipinski definition) is 1. The van der Waals surface area contributed by atoms with Gasteiger partial charge in [-0.1, -0.05) is 41.9 Å². The molecule has 0 aliphatic carbocycles. The van der Waals surface area contributed by atoms with Crippen molar-refractivity contribution < 1.29 is 14.3 Å². The lowest BCUT2D eigenvalue weighted by Crippen LogP contribution is -2.18. The molecule has 0 radical (unpaired) electrons. The summed E-state index contributed by atoms with van der Waals surface area (Å²) in [5.74, 6) is 1.72. The van der Waals surface area contributed by atoms with Gasteiger partial charge in [-0.3, -0.25) is 4.79 Å². The molecule has 3 rings (SSSR count). The first-order valence-electron chi connectivity index (χ1n) is 8.37. The van der Waals surface area contributed by atoms with Gasteiger partial charge in [0.1, 0.15) is 5.82 Å². The van der Waals surface area contributed by atoms with Gasteiger partial charge in [0, 0.05) is 16.7 Å². The van der Waals surface area contributed by atoms with E-state index in [1.165, 1.54) is 0 Å². The summed E-state index contributed by atoms with van der Waals surface area (Å²) in [6.45, 7) is 0.426. The Morgan fingerprint density at radius 2 is 1.85 bits per heavy atom. The highest BCUT2D eigenvalue weighted by Crippen LogP contribution is 2.31. The van der Waals surface area contributed by atoms with Crippen LogP contribution in [0.2, 0.25) is 5.02 Å². The molecule has 0 saturated carbocycles. The number of methoxy groups -OCH3 is 2. The van der Waals surface area contributed by atoms with Crippen LogP contribution in [0.4, 0.5) is 5.82 Å². The van der Waals surface area contributed by atoms with E-state index in [1.54, 1.807) is 37.2 Å². The average molecular weight is 386 g/mol. The van der Waals surface area contributed by atoms with Gasteiger partial charge in [-0.05, 0) is 17.7 Å². The molecule has 0 fully saturated rings. The molecule has 0 aliphatic rings. The van der Waals surface area contributed by atoms with Crippen molar-refractivity contribution >= 4 is 23.3 Å². The van der Waals surface area contributed by atoms with Crippen LogP contribution in [0.1, 0.15) is 11.1 Å². The van der Waals surface area contributed by atoms with Crippen molar-refractivity contribution in [2.75, 3.05) is 19.5 Å². The zero-order valence-corrected chi connectivity index (χ0v) is 15.9. The molecule has 1 aromatic heterocycles. The molecular weight excluding hydrogens is 366 g/mol. The molecule has 1 amide bonds. The molecule has 0 spiro atoms. The van der Waals surface area contributed by atoms with E-state index in [0.717, 1.165) is 11.1 Å². The summed E-state index contributed by atoms with van der Waals surface area (Å²) in [6, 6.07) is 14.7. The largest absolute Gasteiger partial charge is 0.493 e. The molecule has 1 N–H and O–H groups in total. The normalized spacial score (nSPS) is 10.5. The molecule has 0 saturated heterocycles. The molecule has 6 nitrogen and oxygen atoms in total. The molecule has 3 aromatic rings. The fourth-order valence-corrected chi connectivity index (χ4v) is 3.01. The number of amides is 1. The van der Waals surface area contributed by atoms with Gasteiger partial charge in [0.15, 0.2) is 11.5 Å². The van der Waals surface area contributed by atoms with Crippen LogP contribution in [0.15, 0.2) is 54.7 Å². The molecule has 0 unspecified atom stereocenters. The second-order valence-electron chi connectivity index (χ2n) is 5.84. The molecule has 27 heavy (non-hydrogen) atoms. The van der Waals surface area contributed by atoms with Crippen molar-refractivity contribution in [2.45, 2.75) is 13.0 Å². The lowest BCUT2D eigenvalue weighted by Gasteiger charge is -2.14. The fraction of sp³-hybridized carbons (Fsp3) is 0.200. The van der Waals surface area contributed by atoms with Crippen LogP contribution in [0, 0.1) is 0 Å². The van der Waals surface area contributed by atoms with Gasteiger partial charge >= 0.3 is 0 Å². The van der Waals surface area contributed by atoms with Crippen molar-refractivity contribution in [1.29, 1.82) is 0 Å². The van der Waals surface area contributed by atoms with Gasteiger partial charge in [0.25, 0.3) is 0 Å². The number of benzene rings is 2. The number of ether oxygens (including phenoxy) is 2. The first kappa shape index (κ1) is 18.8. The van der Waals surface area contributed by atoms with Gasteiger partial charge in [0.05, 0.1) is 33.4 Å². The summed E-state index contributed by atoms with van der Waals surface area (Å²) in [5.41, 5.74) is 1.67. The highest BCUT2D eigenvalue weighted by Gasteiger charge is 2.14. The van der Waals surface area contributed by atoms with E-state index in [4.69, 9.17) is 21.1 Å². The van der Waals surface area contributed by atoms with Gasteiger partial charge in [0.2, 0.25) is 5.91 Å². The number of anilines is 1. The first-order chi connectivity index (χ1) is 13.1. The first-order valence-corrected chi connectivity index (χ1v) is 8.75. The summed E-state index contributed by atoms with van der Waals surface area (Å²) >= 11 is 6.13. The number of nitrogens with zero attached hydrogens (tertiary/aromatic N) is 2. The summed E-state index contributed by atoms with van der Waals surface area (Å²) in [5, 5.41) is 7.75. The molecule has 1 heterocycles. The highest BCUT2D eigenvalue weighted by molar-refractivity contribution is 6.31. The van der Waals surface area contributed by atoms with Gasteiger partial charge in [-0.15, -0.1) is 0 Å². The third kappa shape index (κ3) is 4.41. The van der Waals surface area contributed by atoms with Gasteiger partial charge < -0.3 is 14.8 Å². The Kier molecular flexibility index (Phi) is 5.98. The third-order valence-corrected chi connectivity index (χ3v) is 4.47. The predicted molar refractivity (Wildman–Crippen MR) is 105 cm³/mol. The molecule has 0 atom stereocenters. The average Bonchev–Trinajstić information content (AvgIpc) is 3.10. The Morgan fingerprint density at radius 1 is 1.07 bits per heavy atom. The van der Waals surface area contributed by atoms with Crippen LogP contribution in [0.25, 0.3) is 0 Å². The van der Waals surface area contributed by atoms with Crippen molar-refractivity contribution in [3.63, 3.8) is 0 Å². The highest BCUT2D eigenvalue weighted by atomic mass is 35.5. The van der Waals surface area contributed by atoms with Crippen LogP contribution in [-0.4, -0.2) is 29.9 Å². The van der Waals surface area contributed by atoms with Gasteiger partial charge in [-0.25, -0.2) is 4.68 Å². The van der Waals surface area contributed by atoms with E-state index in [0.29, 0.717) is 28.9 Å². The lowest BCUT2D eigenvalue weighted by atomic mass is 10.1. The molecule has 0 aliphatic heterocycles. The zero-order valence-electron chi connectivity index (χ0n) is 15.1. The quantitative estimate of drug-likeness (QED) is 0.672. The van der Waals surface area contributed by atoms with Crippen LogP contribution >= 0.6 is 11.6 Å². The number of nitrogens with one attached hydrogen (secondary N) is 1. The Balaban J connectivity index is 1.75. The number of aromatic nitrogens is 2. The SMILES string of the molecule is COc1cccc(Cn2nccc2NC(=O)Cc2ccccc2Cl)c1OC. The van der Waals surface area contributed by atoms with Gasteiger partial charge in [-0.2, -0.15) is 5.10 Å². The number of hydrogen-bond acceptors (Lipinski definition) is 4. The summed E-state index contributed by atoms with van der Waals surface area (Å²) in [4.78, 5) is 12.4. The fourth-order valence-electron chi connectivity index (χ4n) is 2.81. The Bertz CT molecular complexity index is 940. The van der Waals surface area contributed by atoms with Crippen LogP contribution in [0.3, 0.4) is 0 Å². The van der Waals surface area contributed by atoms with Crippen molar-refractivity contribution in [1.82, 2.24) is 9.78 Å². The Hall–Kier alpha value is -2.99. The Labute approximate surface area is 162 Å². The van der Waals surface area contributed by atoms with Crippen LogP contribution in [-0.2, 0) is 17.8 Å². The maximum Gasteiger partial charge on any atom is 0.229 e. The molecule has 2 aromatic carbocycles. The minimum absolute atomic E-state index is 0.164. The van der Waals surface area contributed by atoms with E-state index < -0.39 is 0 Å². The molecular formula is C20H20ClN3O3. The number of halogens is 1. The summed E-state index contributed by atoms with van der Waals surface area (Å²) in [6.07, 6.45) is 1.82. The maximum absolute atomic E-state index is 12.4. The second-order valence-corrected chi connectivity index (χ2v) is 6.25. The van der Waals surface area contributed by atoms with E-state index in [1.807, 2.05) is 36.4 Å². The van der Waals surface area contributed by atoms with E-state index in [-0.39, 0.29) is 12.3 Å².